The van der Waals surface area contributed by atoms with Gasteiger partial charge in [0.05, 0.1) is 0 Å². The fourth-order valence-corrected chi connectivity index (χ4v) is 2.07. The molecule has 17 heavy (non-hydrogen) atoms. The van der Waals surface area contributed by atoms with Gasteiger partial charge in [0.15, 0.2) is 0 Å². The first-order valence-electron chi connectivity index (χ1n) is 5.73. The van der Waals surface area contributed by atoms with E-state index in [1.54, 1.807) is 0 Å². The molecule has 4 heteroatoms. The highest BCUT2D eigenvalue weighted by atomic mass is 35.5. The van der Waals surface area contributed by atoms with Crippen LogP contribution in [0.15, 0.2) is 24.3 Å². The van der Waals surface area contributed by atoms with E-state index in [2.05, 4.69) is 5.32 Å². The van der Waals surface area contributed by atoms with Gasteiger partial charge >= 0.3 is 5.97 Å². The molecule has 0 amide bonds. The summed E-state index contributed by atoms with van der Waals surface area (Å²) in [6, 6.07) is 7.94. The number of carboxylic acids is 1. The normalized spacial score (nSPS) is 14.3. The van der Waals surface area contributed by atoms with E-state index in [1.165, 1.54) is 0 Å². The number of benzene rings is 1. The van der Waals surface area contributed by atoms with E-state index in [0.717, 1.165) is 10.6 Å². The van der Waals surface area contributed by atoms with Gasteiger partial charge in [-0.1, -0.05) is 29.8 Å². The molecule has 0 spiro atoms. The van der Waals surface area contributed by atoms with Crippen LogP contribution in [-0.2, 0) is 4.79 Å². The van der Waals surface area contributed by atoms with Crippen LogP contribution in [0.1, 0.15) is 38.3 Å². The molecular formula is C13H18ClNO2. The fourth-order valence-electron chi connectivity index (χ4n) is 1.77. The molecule has 1 unspecified atom stereocenters. The van der Waals surface area contributed by atoms with Crippen LogP contribution in [0.3, 0.4) is 0 Å². The third-order valence-corrected chi connectivity index (χ3v) is 3.04. The smallest absolute Gasteiger partial charge is 0.303 e. The van der Waals surface area contributed by atoms with Gasteiger partial charge in [-0.25, -0.2) is 0 Å². The molecule has 1 aromatic rings. The SMILES string of the molecule is CC(CCC(=O)O)N[C@@H](C)c1ccccc1Cl. The van der Waals surface area contributed by atoms with Crippen LogP contribution < -0.4 is 5.32 Å². The lowest BCUT2D eigenvalue weighted by Crippen LogP contribution is -2.29. The van der Waals surface area contributed by atoms with E-state index in [0.29, 0.717) is 6.42 Å². The number of rotatable bonds is 6. The van der Waals surface area contributed by atoms with Crippen molar-refractivity contribution >= 4 is 17.6 Å². The van der Waals surface area contributed by atoms with Crippen molar-refractivity contribution in [3.8, 4) is 0 Å². The maximum Gasteiger partial charge on any atom is 0.303 e. The van der Waals surface area contributed by atoms with Crippen molar-refractivity contribution in [1.29, 1.82) is 0 Å². The number of carboxylic acid groups (broad SMARTS) is 1. The molecular weight excluding hydrogens is 238 g/mol. The van der Waals surface area contributed by atoms with Gasteiger partial charge in [-0.3, -0.25) is 4.79 Å². The van der Waals surface area contributed by atoms with E-state index in [9.17, 15) is 4.79 Å². The predicted octanol–water partition coefficient (Wildman–Crippen LogP) is 3.24. The molecule has 94 valence electrons. The molecule has 0 aliphatic rings. The Labute approximate surface area is 107 Å². The molecule has 1 rings (SSSR count). The van der Waals surface area contributed by atoms with Crippen LogP contribution in [0.4, 0.5) is 0 Å². The van der Waals surface area contributed by atoms with Crippen LogP contribution in [0.5, 0.6) is 0 Å². The monoisotopic (exact) mass is 255 g/mol. The summed E-state index contributed by atoms with van der Waals surface area (Å²) in [5.41, 5.74) is 1.04. The summed E-state index contributed by atoms with van der Waals surface area (Å²) in [7, 11) is 0. The Morgan fingerprint density at radius 3 is 2.65 bits per heavy atom. The summed E-state index contributed by atoms with van der Waals surface area (Å²) in [5.74, 6) is -0.760. The highest BCUT2D eigenvalue weighted by Crippen LogP contribution is 2.22. The van der Waals surface area contributed by atoms with Gasteiger partial charge in [0.2, 0.25) is 0 Å². The maximum atomic E-state index is 10.5. The molecule has 0 aliphatic carbocycles. The molecule has 0 radical (unpaired) electrons. The van der Waals surface area contributed by atoms with Crippen molar-refractivity contribution in [3.05, 3.63) is 34.9 Å². The average molecular weight is 256 g/mol. The largest absolute Gasteiger partial charge is 0.481 e. The number of nitrogens with one attached hydrogen (secondary N) is 1. The van der Waals surface area contributed by atoms with Gasteiger partial charge in [-0.05, 0) is 31.9 Å². The minimum Gasteiger partial charge on any atom is -0.481 e. The van der Waals surface area contributed by atoms with Crippen LogP contribution in [0, 0.1) is 0 Å². The van der Waals surface area contributed by atoms with E-state index in [1.807, 2.05) is 38.1 Å². The maximum absolute atomic E-state index is 10.5. The number of hydrogen-bond acceptors (Lipinski definition) is 2. The molecule has 0 aromatic heterocycles. The summed E-state index contributed by atoms with van der Waals surface area (Å²) < 4.78 is 0. The predicted molar refractivity (Wildman–Crippen MR) is 69.3 cm³/mol. The number of carbonyl (C=O) groups is 1. The van der Waals surface area contributed by atoms with Gasteiger partial charge in [0, 0.05) is 23.5 Å². The average Bonchev–Trinajstić information content (AvgIpc) is 2.26. The Bertz CT molecular complexity index is 381. The van der Waals surface area contributed by atoms with Crippen molar-refractivity contribution in [3.63, 3.8) is 0 Å². The number of aliphatic carboxylic acids is 1. The lowest BCUT2D eigenvalue weighted by Gasteiger charge is -2.20. The Kier molecular flexibility index (Phi) is 5.45. The van der Waals surface area contributed by atoms with Crippen LogP contribution >= 0.6 is 11.6 Å². The van der Waals surface area contributed by atoms with E-state index in [4.69, 9.17) is 16.7 Å². The fraction of sp³-hybridized carbons (Fsp3) is 0.462. The standard InChI is InChI=1S/C13H18ClNO2/c1-9(7-8-13(16)17)15-10(2)11-5-3-4-6-12(11)14/h3-6,9-10,15H,7-8H2,1-2H3,(H,16,17)/t9?,10-/m0/s1. The molecule has 0 saturated carbocycles. The Morgan fingerprint density at radius 1 is 1.41 bits per heavy atom. The lowest BCUT2D eigenvalue weighted by molar-refractivity contribution is -0.137. The van der Waals surface area contributed by atoms with Crippen LogP contribution in [-0.4, -0.2) is 17.1 Å². The van der Waals surface area contributed by atoms with Crippen molar-refractivity contribution in [2.24, 2.45) is 0 Å². The number of halogens is 1. The zero-order valence-corrected chi connectivity index (χ0v) is 10.9. The molecule has 2 N–H and O–H groups in total. The molecule has 1 aromatic carbocycles. The zero-order chi connectivity index (χ0) is 12.8. The first kappa shape index (κ1) is 14.0. The zero-order valence-electron chi connectivity index (χ0n) is 10.1. The first-order chi connectivity index (χ1) is 8.00. The second kappa shape index (κ2) is 6.62. The summed E-state index contributed by atoms with van der Waals surface area (Å²) in [6.07, 6.45) is 0.799. The van der Waals surface area contributed by atoms with E-state index in [-0.39, 0.29) is 18.5 Å². The van der Waals surface area contributed by atoms with Crippen molar-refractivity contribution < 1.29 is 9.90 Å². The summed E-state index contributed by atoms with van der Waals surface area (Å²) in [4.78, 5) is 10.5. The summed E-state index contributed by atoms with van der Waals surface area (Å²) in [5, 5.41) is 12.7. The van der Waals surface area contributed by atoms with Crippen molar-refractivity contribution in [2.75, 3.05) is 0 Å². The Balaban J connectivity index is 2.51. The Hall–Kier alpha value is -1.06. The third kappa shape index (κ3) is 4.75. The van der Waals surface area contributed by atoms with E-state index < -0.39 is 5.97 Å². The highest BCUT2D eigenvalue weighted by molar-refractivity contribution is 6.31. The molecule has 0 fully saturated rings. The minimum atomic E-state index is -0.760. The van der Waals surface area contributed by atoms with Crippen LogP contribution in [0.25, 0.3) is 0 Å². The van der Waals surface area contributed by atoms with Crippen molar-refractivity contribution in [2.45, 2.75) is 38.8 Å². The van der Waals surface area contributed by atoms with Crippen LogP contribution in [0.2, 0.25) is 5.02 Å². The van der Waals surface area contributed by atoms with Crippen molar-refractivity contribution in [1.82, 2.24) is 5.32 Å². The summed E-state index contributed by atoms with van der Waals surface area (Å²) >= 11 is 6.10. The highest BCUT2D eigenvalue weighted by Gasteiger charge is 2.12. The third-order valence-electron chi connectivity index (χ3n) is 2.70. The minimum absolute atomic E-state index is 0.118. The quantitative estimate of drug-likeness (QED) is 0.820. The molecule has 0 saturated heterocycles. The summed E-state index contributed by atoms with van der Waals surface area (Å²) in [6.45, 7) is 4.01. The second-order valence-corrected chi connectivity index (χ2v) is 4.65. The Morgan fingerprint density at radius 2 is 2.06 bits per heavy atom. The first-order valence-corrected chi connectivity index (χ1v) is 6.10. The van der Waals surface area contributed by atoms with Gasteiger partial charge in [0.1, 0.15) is 0 Å². The molecule has 3 nitrogen and oxygen atoms in total. The lowest BCUT2D eigenvalue weighted by atomic mass is 10.1. The molecule has 0 heterocycles. The molecule has 0 aliphatic heterocycles. The second-order valence-electron chi connectivity index (χ2n) is 4.24. The van der Waals surface area contributed by atoms with Gasteiger partial charge in [-0.2, -0.15) is 0 Å². The molecule has 2 atom stereocenters. The topological polar surface area (TPSA) is 49.3 Å². The van der Waals surface area contributed by atoms with E-state index >= 15 is 0 Å². The van der Waals surface area contributed by atoms with Gasteiger partial charge < -0.3 is 10.4 Å². The number of hydrogen-bond donors (Lipinski definition) is 2. The molecule has 0 bridgehead atoms. The van der Waals surface area contributed by atoms with Gasteiger partial charge in [0.25, 0.3) is 0 Å². The van der Waals surface area contributed by atoms with Gasteiger partial charge in [-0.15, -0.1) is 0 Å².